The molecule has 0 bridgehead atoms. The Labute approximate surface area is 119 Å². The molecule has 0 fully saturated rings. The van der Waals surface area contributed by atoms with Crippen LogP contribution >= 0.6 is 11.6 Å². The summed E-state index contributed by atoms with van der Waals surface area (Å²) in [6, 6.07) is 9.97. The quantitative estimate of drug-likeness (QED) is 0.912. The smallest absolute Gasteiger partial charge is 0.0459 e. The van der Waals surface area contributed by atoms with Crippen LogP contribution in [-0.4, -0.2) is 18.6 Å². The van der Waals surface area contributed by atoms with Crippen molar-refractivity contribution in [3.63, 3.8) is 0 Å². The zero-order valence-electron chi connectivity index (χ0n) is 11.0. The van der Waals surface area contributed by atoms with Gasteiger partial charge in [-0.1, -0.05) is 23.7 Å². The first kappa shape index (κ1) is 13.8. The summed E-state index contributed by atoms with van der Waals surface area (Å²) in [6.07, 6.45) is 4.44. The van der Waals surface area contributed by atoms with Gasteiger partial charge in [0.15, 0.2) is 0 Å². The highest BCUT2D eigenvalue weighted by atomic mass is 35.5. The van der Waals surface area contributed by atoms with Gasteiger partial charge in [-0.3, -0.25) is 4.98 Å². The van der Waals surface area contributed by atoms with Crippen molar-refractivity contribution in [3.8, 4) is 0 Å². The Morgan fingerprint density at radius 1 is 1.26 bits per heavy atom. The zero-order chi connectivity index (χ0) is 13.7. The average molecular weight is 276 g/mol. The van der Waals surface area contributed by atoms with Crippen LogP contribution in [0.25, 0.3) is 0 Å². The second kappa shape index (κ2) is 6.55. The van der Waals surface area contributed by atoms with Gasteiger partial charge in [-0.15, -0.1) is 0 Å². The van der Waals surface area contributed by atoms with E-state index < -0.39 is 0 Å². The number of pyridine rings is 1. The van der Waals surface area contributed by atoms with Crippen LogP contribution in [-0.2, 0) is 13.0 Å². The van der Waals surface area contributed by atoms with E-state index in [9.17, 15) is 0 Å². The molecule has 0 saturated heterocycles. The van der Waals surface area contributed by atoms with Gasteiger partial charge in [0, 0.05) is 36.7 Å². The number of anilines is 1. The summed E-state index contributed by atoms with van der Waals surface area (Å²) in [5.41, 5.74) is 9.07. The number of aromatic nitrogens is 1. The fourth-order valence-corrected chi connectivity index (χ4v) is 2.41. The van der Waals surface area contributed by atoms with Crippen molar-refractivity contribution in [1.29, 1.82) is 0 Å². The molecule has 2 N–H and O–H groups in total. The number of halogens is 1. The molecule has 1 aromatic carbocycles. The van der Waals surface area contributed by atoms with E-state index in [0.29, 0.717) is 6.54 Å². The van der Waals surface area contributed by atoms with Crippen molar-refractivity contribution in [3.05, 3.63) is 58.9 Å². The van der Waals surface area contributed by atoms with Crippen LogP contribution in [0.4, 0.5) is 5.69 Å². The maximum atomic E-state index is 6.26. The fourth-order valence-electron chi connectivity index (χ4n) is 2.15. The van der Waals surface area contributed by atoms with Gasteiger partial charge in [0.05, 0.1) is 0 Å². The lowest BCUT2D eigenvalue weighted by Crippen LogP contribution is -2.19. The zero-order valence-corrected chi connectivity index (χ0v) is 11.8. The Morgan fingerprint density at radius 2 is 2.11 bits per heavy atom. The summed E-state index contributed by atoms with van der Waals surface area (Å²) in [5.74, 6) is 0. The predicted molar refractivity (Wildman–Crippen MR) is 80.6 cm³/mol. The number of hydrogen-bond acceptors (Lipinski definition) is 3. The van der Waals surface area contributed by atoms with Gasteiger partial charge in [0.2, 0.25) is 0 Å². The van der Waals surface area contributed by atoms with Crippen LogP contribution in [0.3, 0.4) is 0 Å². The van der Waals surface area contributed by atoms with Gasteiger partial charge in [-0.05, 0) is 42.3 Å². The van der Waals surface area contributed by atoms with Gasteiger partial charge in [-0.25, -0.2) is 0 Å². The largest absolute Gasteiger partial charge is 0.370 e. The monoisotopic (exact) mass is 275 g/mol. The normalized spacial score (nSPS) is 10.5. The third kappa shape index (κ3) is 3.46. The van der Waals surface area contributed by atoms with Crippen LogP contribution < -0.4 is 10.6 Å². The molecule has 19 heavy (non-hydrogen) atoms. The van der Waals surface area contributed by atoms with Crippen molar-refractivity contribution in [2.24, 2.45) is 5.73 Å². The predicted octanol–water partition coefficient (Wildman–Crippen LogP) is 2.87. The molecule has 0 amide bonds. The number of benzene rings is 1. The average Bonchev–Trinajstić information content (AvgIpc) is 2.42. The van der Waals surface area contributed by atoms with Gasteiger partial charge >= 0.3 is 0 Å². The lowest BCUT2D eigenvalue weighted by atomic mass is 10.1. The Kier molecular flexibility index (Phi) is 4.77. The maximum absolute atomic E-state index is 6.26. The standard InChI is InChI=1S/C15H18ClN3/c1-19(11-12-4-3-9-18-10-12)15-6-2-5-14(16)13(15)7-8-17/h2-6,9-10H,7-8,11,17H2,1H3. The van der Waals surface area contributed by atoms with Crippen LogP contribution in [0, 0.1) is 0 Å². The highest BCUT2D eigenvalue weighted by Gasteiger charge is 2.10. The van der Waals surface area contributed by atoms with E-state index in [4.69, 9.17) is 17.3 Å². The summed E-state index contributed by atoms with van der Waals surface area (Å²) < 4.78 is 0. The first-order chi connectivity index (χ1) is 9.22. The van der Waals surface area contributed by atoms with E-state index in [1.807, 2.05) is 24.4 Å². The third-order valence-electron chi connectivity index (χ3n) is 3.04. The molecule has 0 unspecified atom stereocenters. The van der Waals surface area contributed by atoms with Crippen molar-refractivity contribution in [2.45, 2.75) is 13.0 Å². The molecule has 2 rings (SSSR count). The Morgan fingerprint density at radius 3 is 2.79 bits per heavy atom. The molecule has 0 aliphatic rings. The summed E-state index contributed by atoms with van der Waals surface area (Å²) in [5, 5.41) is 0.779. The number of nitrogens with two attached hydrogens (primary N) is 1. The molecule has 4 heteroatoms. The molecule has 0 atom stereocenters. The van der Waals surface area contributed by atoms with E-state index in [1.165, 1.54) is 5.56 Å². The Balaban J connectivity index is 2.23. The van der Waals surface area contributed by atoms with E-state index in [0.717, 1.165) is 29.2 Å². The van der Waals surface area contributed by atoms with Crippen LogP contribution in [0.1, 0.15) is 11.1 Å². The molecule has 0 radical (unpaired) electrons. The van der Waals surface area contributed by atoms with E-state index in [-0.39, 0.29) is 0 Å². The van der Waals surface area contributed by atoms with E-state index in [1.54, 1.807) is 6.20 Å². The van der Waals surface area contributed by atoms with Gasteiger partial charge in [-0.2, -0.15) is 0 Å². The molecular formula is C15H18ClN3. The molecular weight excluding hydrogens is 258 g/mol. The fraction of sp³-hybridized carbons (Fsp3) is 0.267. The second-order valence-electron chi connectivity index (χ2n) is 4.49. The van der Waals surface area contributed by atoms with Crippen molar-refractivity contribution in [1.82, 2.24) is 4.98 Å². The minimum absolute atomic E-state index is 0.595. The third-order valence-corrected chi connectivity index (χ3v) is 3.40. The summed E-state index contributed by atoms with van der Waals surface area (Å²) in [6.45, 7) is 1.39. The van der Waals surface area contributed by atoms with Gasteiger partial charge < -0.3 is 10.6 Å². The lowest BCUT2D eigenvalue weighted by molar-refractivity contribution is 0.888. The topological polar surface area (TPSA) is 42.2 Å². The Hall–Kier alpha value is -1.58. The lowest BCUT2D eigenvalue weighted by Gasteiger charge is -2.23. The van der Waals surface area contributed by atoms with Crippen LogP contribution in [0.5, 0.6) is 0 Å². The summed E-state index contributed by atoms with van der Waals surface area (Å²) >= 11 is 6.26. The van der Waals surface area contributed by atoms with Crippen molar-refractivity contribution < 1.29 is 0 Å². The molecule has 0 aliphatic carbocycles. The second-order valence-corrected chi connectivity index (χ2v) is 4.90. The van der Waals surface area contributed by atoms with Gasteiger partial charge in [0.25, 0.3) is 0 Å². The highest BCUT2D eigenvalue weighted by molar-refractivity contribution is 6.31. The van der Waals surface area contributed by atoms with Crippen LogP contribution in [0.2, 0.25) is 5.02 Å². The molecule has 0 spiro atoms. The SMILES string of the molecule is CN(Cc1cccnc1)c1cccc(Cl)c1CCN. The maximum Gasteiger partial charge on any atom is 0.0459 e. The molecule has 3 nitrogen and oxygen atoms in total. The first-order valence-corrected chi connectivity index (χ1v) is 6.67. The molecule has 1 aromatic heterocycles. The number of rotatable bonds is 5. The minimum atomic E-state index is 0.595. The summed E-state index contributed by atoms with van der Waals surface area (Å²) in [7, 11) is 2.05. The molecule has 100 valence electrons. The van der Waals surface area contributed by atoms with Crippen molar-refractivity contribution >= 4 is 17.3 Å². The molecule has 2 aromatic rings. The minimum Gasteiger partial charge on any atom is -0.370 e. The molecule has 0 aliphatic heterocycles. The summed E-state index contributed by atoms with van der Waals surface area (Å²) in [4.78, 5) is 6.31. The number of nitrogens with zero attached hydrogens (tertiary/aromatic N) is 2. The first-order valence-electron chi connectivity index (χ1n) is 6.30. The number of hydrogen-bond donors (Lipinski definition) is 1. The highest BCUT2D eigenvalue weighted by Crippen LogP contribution is 2.28. The van der Waals surface area contributed by atoms with Crippen molar-refractivity contribution in [2.75, 3.05) is 18.5 Å². The Bertz CT molecular complexity index is 528. The molecule has 0 saturated carbocycles. The van der Waals surface area contributed by atoms with E-state index in [2.05, 4.69) is 29.1 Å². The van der Waals surface area contributed by atoms with E-state index >= 15 is 0 Å². The van der Waals surface area contributed by atoms with Gasteiger partial charge in [0.1, 0.15) is 0 Å². The molecule has 1 heterocycles. The van der Waals surface area contributed by atoms with Crippen LogP contribution in [0.15, 0.2) is 42.7 Å².